The van der Waals surface area contributed by atoms with E-state index in [-0.39, 0.29) is 18.6 Å². The van der Waals surface area contributed by atoms with E-state index in [9.17, 15) is 4.79 Å². The molecule has 0 heterocycles. The minimum Gasteiger partial charge on any atom is -0.396 e. The molecule has 2 N–H and O–H groups in total. The smallest absolute Gasteiger partial charge is 0.220 e. The van der Waals surface area contributed by atoms with Gasteiger partial charge in [-0.1, -0.05) is 60.7 Å². The maximum Gasteiger partial charge on any atom is 0.220 e. The van der Waals surface area contributed by atoms with Crippen LogP contribution in [0, 0.1) is 0 Å². The topological polar surface area (TPSA) is 49.3 Å². The molecular formula is C19H23NO2. The van der Waals surface area contributed by atoms with Crippen molar-refractivity contribution in [1.82, 2.24) is 5.32 Å². The molecule has 0 saturated heterocycles. The van der Waals surface area contributed by atoms with Crippen molar-refractivity contribution >= 4 is 5.91 Å². The minimum atomic E-state index is -0.0309. The Labute approximate surface area is 132 Å². The van der Waals surface area contributed by atoms with E-state index in [0.717, 1.165) is 18.4 Å². The first-order chi connectivity index (χ1) is 10.8. The molecule has 1 unspecified atom stereocenters. The van der Waals surface area contributed by atoms with E-state index in [1.54, 1.807) is 0 Å². The third-order valence-corrected chi connectivity index (χ3v) is 3.67. The van der Waals surface area contributed by atoms with Gasteiger partial charge in [0.05, 0.1) is 6.04 Å². The average molecular weight is 297 g/mol. The Kier molecular flexibility index (Phi) is 6.65. The summed E-state index contributed by atoms with van der Waals surface area (Å²) in [7, 11) is 0. The molecule has 3 nitrogen and oxygen atoms in total. The SMILES string of the molecule is O=C(CCc1ccccc1)NC(CCCO)c1ccccc1. The minimum absolute atomic E-state index is 0.0309. The molecule has 116 valence electrons. The van der Waals surface area contributed by atoms with Gasteiger partial charge in [0.1, 0.15) is 0 Å². The number of carbonyl (C=O) groups excluding carboxylic acids is 1. The fourth-order valence-corrected chi connectivity index (χ4v) is 2.47. The molecule has 0 radical (unpaired) electrons. The lowest BCUT2D eigenvalue weighted by Crippen LogP contribution is -2.29. The number of carbonyl (C=O) groups is 1. The Hall–Kier alpha value is -2.13. The molecule has 1 atom stereocenters. The van der Waals surface area contributed by atoms with Gasteiger partial charge in [-0.25, -0.2) is 0 Å². The monoisotopic (exact) mass is 297 g/mol. The summed E-state index contributed by atoms with van der Waals surface area (Å²) in [5, 5.41) is 12.1. The molecule has 1 amide bonds. The Morgan fingerprint density at radius 1 is 1.00 bits per heavy atom. The third-order valence-electron chi connectivity index (χ3n) is 3.67. The molecule has 2 rings (SSSR count). The van der Waals surface area contributed by atoms with E-state index in [1.807, 2.05) is 60.7 Å². The second-order valence-electron chi connectivity index (χ2n) is 5.38. The Morgan fingerprint density at radius 3 is 2.27 bits per heavy atom. The van der Waals surface area contributed by atoms with Crippen LogP contribution in [0.4, 0.5) is 0 Å². The first-order valence-corrected chi connectivity index (χ1v) is 7.78. The van der Waals surface area contributed by atoms with Gasteiger partial charge in [-0.3, -0.25) is 4.79 Å². The molecule has 3 heteroatoms. The van der Waals surface area contributed by atoms with Crippen molar-refractivity contribution in [2.24, 2.45) is 0 Å². The molecule has 0 spiro atoms. The van der Waals surface area contributed by atoms with Gasteiger partial charge < -0.3 is 10.4 Å². The molecule has 2 aromatic carbocycles. The third kappa shape index (κ3) is 5.34. The number of nitrogens with one attached hydrogen (secondary N) is 1. The van der Waals surface area contributed by atoms with Crippen LogP contribution in [0.25, 0.3) is 0 Å². The van der Waals surface area contributed by atoms with E-state index < -0.39 is 0 Å². The number of hydrogen-bond donors (Lipinski definition) is 2. The predicted octanol–water partition coefficient (Wildman–Crippen LogP) is 3.25. The van der Waals surface area contributed by atoms with Crippen LogP contribution in [-0.4, -0.2) is 17.6 Å². The van der Waals surface area contributed by atoms with E-state index in [0.29, 0.717) is 12.8 Å². The standard InChI is InChI=1S/C19H23NO2/c21-15-7-12-18(17-10-5-2-6-11-17)20-19(22)14-13-16-8-3-1-4-9-16/h1-6,8-11,18,21H,7,12-15H2,(H,20,22). The Morgan fingerprint density at radius 2 is 1.64 bits per heavy atom. The highest BCUT2D eigenvalue weighted by Gasteiger charge is 2.13. The van der Waals surface area contributed by atoms with Gasteiger partial charge in [0.25, 0.3) is 0 Å². The molecule has 0 aromatic heterocycles. The van der Waals surface area contributed by atoms with Crippen LogP contribution in [-0.2, 0) is 11.2 Å². The zero-order valence-corrected chi connectivity index (χ0v) is 12.7. The summed E-state index contributed by atoms with van der Waals surface area (Å²) in [4.78, 5) is 12.2. The fraction of sp³-hybridized carbons (Fsp3) is 0.316. The van der Waals surface area contributed by atoms with E-state index in [1.165, 1.54) is 5.56 Å². The number of benzene rings is 2. The molecule has 0 fully saturated rings. The maximum absolute atomic E-state index is 12.2. The van der Waals surface area contributed by atoms with Crippen molar-refractivity contribution in [2.75, 3.05) is 6.61 Å². The number of amides is 1. The second kappa shape index (κ2) is 9.00. The Balaban J connectivity index is 1.90. The first kappa shape index (κ1) is 16.2. The summed E-state index contributed by atoms with van der Waals surface area (Å²) in [6.07, 6.45) is 2.65. The number of hydrogen-bond acceptors (Lipinski definition) is 2. The molecule has 0 bridgehead atoms. The normalized spacial score (nSPS) is 11.9. The van der Waals surface area contributed by atoms with Crippen molar-refractivity contribution < 1.29 is 9.90 Å². The Bertz CT molecular complexity index is 554. The summed E-state index contributed by atoms with van der Waals surface area (Å²) in [5.74, 6) is 0.0515. The van der Waals surface area contributed by atoms with Gasteiger partial charge in [-0.05, 0) is 30.4 Å². The van der Waals surface area contributed by atoms with Crippen molar-refractivity contribution in [2.45, 2.75) is 31.7 Å². The number of aliphatic hydroxyl groups is 1. The highest BCUT2D eigenvalue weighted by Crippen LogP contribution is 2.18. The summed E-state index contributed by atoms with van der Waals surface area (Å²) in [5.41, 5.74) is 2.26. The van der Waals surface area contributed by atoms with E-state index >= 15 is 0 Å². The quantitative estimate of drug-likeness (QED) is 0.786. The van der Waals surface area contributed by atoms with Gasteiger partial charge in [-0.2, -0.15) is 0 Å². The number of rotatable bonds is 8. The summed E-state index contributed by atoms with van der Waals surface area (Å²) < 4.78 is 0. The summed E-state index contributed by atoms with van der Waals surface area (Å²) in [6, 6.07) is 19.9. The second-order valence-corrected chi connectivity index (χ2v) is 5.38. The lowest BCUT2D eigenvalue weighted by molar-refractivity contribution is -0.121. The zero-order chi connectivity index (χ0) is 15.6. The van der Waals surface area contributed by atoms with Gasteiger partial charge in [0, 0.05) is 13.0 Å². The summed E-state index contributed by atoms with van der Waals surface area (Å²) >= 11 is 0. The lowest BCUT2D eigenvalue weighted by atomic mass is 10.0. The molecule has 0 aliphatic carbocycles. The lowest BCUT2D eigenvalue weighted by Gasteiger charge is -2.19. The van der Waals surface area contributed by atoms with Gasteiger partial charge >= 0.3 is 0 Å². The summed E-state index contributed by atoms with van der Waals surface area (Å²) in [6.45, 7) is 0.142. The highest BCUT2D eigenvalue weighted by atomic mass is 16.3. The highest BCUT2D eigenvalue weighted by molar-refractivity contribution is 5.76. The average Bonchev–Trinajstić information content (AvgIpc) is 2.58. The molecule has 0 saturated carbocycles. The molecule has 22 heavy (non-hydrogen) atoms. The molecule has 2 aromatic rings. The number of aryl methyl sites for hydroxylation is 1. The molecular weight excluding hydrogens is 274 g/mol. The van der Waals surface area contributed by atoms with Gasteiger partial charge in [-0.15, -0.1) is 0 Å². The van der Waals surface area contributed by atoms with Gasteiger partial charge in [0.15, 0.2) is 0 Å². The first-order valence-electron chi connectivity index (χ1n) is 7.78. The van der Waals surface area contributed by atoms with Crippen LogP contribution in [0.5, 0.6) is 0 Å². The van der Waals surface area contributed by atoms with Crippen LogP contribution in [0.3, 0.4) is 0 Å². The molecule has 0 aliphatic heterocycles. The van der Waals surface area contributed by atoms with Crippen LogP contribution < -0.4 is 5.32 Å². The van der Waals surface area contributed by atoms with Crippen molar-refractivity contribution in [3.8, 4) is 0 Å². The van der Waals surface area contributed by atoms with Crippen molar-refractivity contribution in [3.05, 3.63) is 71.8 Å². The van der Waals surface area contributed by atoms with Crippen LogP contribution in [0.15, 0.2) is 60.7 Å². The largest absolute Gasteiger partial charge is 0.396 e. The van der Waals surface area contributed by atoms with Crippen molar-refractivity contribution in [1.29, 1.82) is 0 Å². The number of aliphatic hydroxyl groups excluding tert-OH is 1. The van der Waals surface area contributed by atoms with E-state index in [2.05, 4.69) is 5.32 Å². The fourth-order valence-electron chi connectivity index (χ4n) is 2.47. The maximum atomic E-state index is 12.2. The van der Waals surface area contributed by atoms with Crippen LogP contribution in [0.2, 0.25) is 0 Å². The zero-order valence-electron chi connectivity index (χ0n) is 12.7. The van der Waals surface area contributed by atoms with Crippen LogP contribution in [0.1, 0.15) is 36.4 Å². The van der Waals surface area contributed by atoms with Crippen molar-refractivity contribution in [3.63, 3.8) is 0 Å². The molecule has 0 aliphatic rings. The van der Waals surface area contributed by atoms with E-state index in [4.69, 9.17) is 5.11 Å². The predicted molar refractivity (Wildman–Crippen MR) is 88.4 cm³/mol. The van der Waals surface area contributed by atoms with Gasteiger partial charge in [0.2, 0.25) is 5.91 Å². The van der Waals surface area contributed by atoms with Crippen LogP contribution >= 0.6 is 0 Å².